The van der Waals surface area contributed by atoms with Gasteiger partial charge in [-0.25, -0.2) is 0 Å². The summed E-state index contributed by atoms with van der Waals surface area (Å²) in [6.45, 7) is 8.48. The zero-order valence-electron chi connectivity index (χ0n) is 14.1. The molecular formula is C18H35N3. The minimum atomic E-state index is 0.719. The highest BCUT2D eigenvalue weighted by atomic mass is 15.2. The highest BCUT2D eigenvalue weighted by molar-refractivity contribution is 4.94. The van der Waals surface area contributed by atoms with Crippen molar-refractivity contribution in [2.24, 2.45) is 5.92 Å². The van der Waals surface area contributed by atoms with E-state index in [0.29, 0.717) is 0 Å². The molecule has 2 aliphatic heterocycles. The Bertz CT molecular complexity index is 304. The van der Waals surface area contributed by atoms with Gasteiger partial charge < -0.3 is 15.5 Å². The maximum atomic E-state index is 4.06. The lowest BCUT2D eigenvalue weighted by Crippen LogP contribution is -2.52. The van der Waals surface area contributed by atoms with Gasteiger partial charge in [0.1, 0.15) is 0 Å². The average Bonchev–Trinajstić information content (AvgIpc) is 2.97. The molecule has 3 fully saturated rings. The number of piperidine rings is 2. The number of hydrogen-bond acceptors (Lipinski definition) is 3. The van der Waals surface area contributed by atoms with Crippen LogP contribution in [0.25, 0.3) is 0 Å². The molecule has 1 saturated carbocycles. The monoisotopic (exact) mass is 293 g/mol. The molecule has 3 unspecified atom stereocenters. The molecule has 0 bridgehead atoms. The van der Waals surface area contributed by atoms with Crippen molar-refractivity contribution in [3.8, 4) is 0 Å². The number of nitrogens with zero attached hydrogens (tertiary/aromatic N) is 1. The molecule has 3 aliphatic rings. The Morgan fingerprint density at radius 1 is 0.952 bits per heavy atom. The summed E-state index contributed by atoms with van der Waals surface area (Å²) in [6.07, 6.45) is 11.2. The van der Waals surface area contributed by atoms with Crippen molar-refractivity contribution < 1.29 is 0 Å². The first-order valence-electron chi connectivity index (χ1n) is 9.47. The van der Waals surface area contributed by atoms with E-state index < -0.39 is 0 Å². The number of likely N-dealkylation sites (tertiary alicyclic amines) is 1. The first-order valence-corrected chi connectivity index (χ1v) is 9.47. The van der Waals surface area contributed by atoms with E-state index >= 15 is 0 Å². The van der Waals surface area contributed by atoms with E-state index in [0.717, 1.165) is 30.1 Å². The molecule has 2 N–H and O–H groups in total. The van der Waals surface area contributed by atoms with E-state index in [1.54, 1.807) is 0 Å². The van der Waals surface area contributed by atoms with Crippen LogP contribution in [0, 0.1) is 5.92 Å². The van der Waals surface area contributed by atoms with Crippen molar-refractivity contribution in [1.29, 1.82) is 0 Å². The van der Waals surface area contributed by atoms with Crippen molar-refractivity contribution >= 4 is 0 Å². The Balaban J connectivity index is 1.48. The summed E-state index contributed by atoms with van der Waals surface area (Å²) in [5, 5.41) is 7.86. The average molecular weight is 293 g/mol. The zero-order valence-corrected chi connectivity index (χ0v) is 14.1. The third kappa shape index (κ3) is 4.00. The number of hydrogen-bond donors (Lipinski definition) is 2. The maximum absolute atomic E-state index is 4.06. The van der Waals surface area contributed by atoms with Crippen LogP contribution in [-0.4, -0.2) is 48.7 Å². The van der Waals surface area contributed by atoms with Gasteiger partial charge in [-0.3, -0.25) is 0 Å². The quantitative estimate of drug-likeness (QED) is 0.834. The molecule has 122 valence electrons. The summed E-state index contributed by atoms with van der Waals surface area (Å²) < 4.78 is 0. The van der Waals surface area contributed by atoms with Gasteiger partial charge in [-0.15, -0.1) is 0 Å². The van der Waals surface area contributed by atoms with Gasteiger partial charge in [0, 0.05) is 24.2 Å². The molecule has 3 atom stereocenters. The van der Waals surface area contributed by atoms with Crippen molar-refractivity contribution in [3.63, 3.8) is 0 Å². The van der Waals surface area contributed by atoms with Crippen molar-refractivity contribution in [2.75, 3.05) is 19.6 Å². The Hall–Kier alpha value is -0.120. The molecule has 0 aromatic heterocycles. The molecule has 0 aromatic rings. The van der Waals surface area contributed by atoms with Gasteiger partial charge in [0.15, 0.2) is 0 Å². The topological polar surface area (TPSA) is 27.3 Å². The molecular weight excluding hydrogens is 258 g/mol. The zero-order chi connectivity index (χ0) is 14.7. The van der Waals surface area contributed by atoms with Crippen molar-refractivity contribution in [3.05, 3.63) is 0 Å². The Morgan fingerprint density at radius 3 is 2.43 bits per heavy atom. The fourth-order valence-electron chi connectivity index (χ4n) is 4.81. The highest BCUT2D eigenvalue weighted by Crippen LogP contribution is 2.32. The van der Waals surface area contributed by atoms with Crippen LogP contribution in [0.2, 0.25) is 0 Å². The molecule has 0 amide bonds. The van der Waals surface area contributed by atoms with Crippen molar-refractivity contribution in [1.82, 2.24) is 15.5 Å². The normalized spacial score (nSPS) is 36.4. The molecule has 0 aromatic carbocycles. The second-order valence-electron chi connectivity index (χ2n) is 7.83. The number of rotatable bonds is 4. The van der Waals surface area contributed by atoms with Crippen LogP contribution < -0.4 is 10.6 Å². The molecule has 21 heavy (non-hydrogen) atoms. The van der Waals surface area contributed by atoms with E-state index in [9.17, 15) is 0 Å². The lowest BCUT2D eigenvalue weighted by atomic mass is 9.87. The summed E-state index contributed by atoms with van der Waals surface area (Å²) in [7, 11) is 0. The van der Waals surface area contributed by atoms with Crippen LogP contribution in [0.4, 0.5) is 0 Å². The molecule has 0 spiro atoms. The smallest absolute Gasteiger partial charge is 0.0113 e. The summed E-state index contributed by atoms with van der Waals surface area (Å²) in [4.78, 5) is 2.63. The van der Waals surface area contributed by atoms with Gasteiger partial charge >= 0.3 is 0 Å². The lowest BCUT2D eigenvalue weighted by Gasteiger charge is -2.39. The molecule has 3 nitrogen and oxygen atoms in total. The Kier molecular flexibility index (Phi) is 5.58. The van der Waals surface area contributed by atoms with E-state index in [2.05, 4.69) is 29.4 Å². The summed E-state index contributed by atoms with van der Waals surface area (Å²) in [5.41, 5.74) is 0. The fraction of sp³-hybridized carbons (Fsp3) is 1.00. The first-order chi connectivity index (χ1) is 10.2. The highest BCUT2D eigenvalue weighted by Gasteiger charge is 2.35. The van der Waals surface area contributed by atoms with Gasteiger partial charge in [0.2, 0.25) is 0 Å². The Morgan fingerprint density at radius 2 is 1.76 bits per heavy atom. The summed E-state index contributed by atoms with van der Waals surface area (Å²) in [5.74, 6) is 0.897. The minimum Gasteiger partial charge on any atom is -0.314 e. The Labute approximate surface area is 131 Å². The van der Waals surface area contributed by atoms with Crippen LogP contribution >= 0.6 is 0 Å². The van der Waals surface area contributed by atoms with E-state index in [4.69, 9.17) is 0 Å². The predicted molar refractivity (Wildman–Crippen MR) is 89.6 cm³/mol. The van der Waals surface area contributed by atoms with Gasteiger partial charge in [-0.1, -0.05) is 12.8 Å². The fourth-order valence-corrected chi connectivity index (χ4v) is 4.81. The largest absolute Gasteiger partial charge is 0.314 e. The van der Waals surface area contributed by atoms with Gasteiger partial charge in [0.05, 0.1) is 0 Å². The second kappa shape index (κ2) is 7.43. The molecule has 1 aliphatic carbocycles. The maximum Gasteiger partial charge on any atom is 0.0113 e. The van der Waals surface area contributed by atoms with Gasteiger partial charge in [-0.2, -0.15) is 0 Å². The molecule has 2 saturated heterocycles. The third-order valence-corrected chi connectivity index (χ3v) is 6.14. The van der Waals surface area contributed by atoms with Crippen LogP contribution in [0.3, 0.4) is 0 Å². The molecule has 3 rings (SSSR count). The lowest BCUT2D eigenvalue weighted by molar-refractivity contribution is 0.148. The molecule has 0 radical (unpaired) electrons. The van der Waals surface area contributed by atoms with Crippen molar-refractivity contribution in [2.45, 2.75) is 89.4 Å². The number of nitrogens with one attached hydrogen (secondary N) is 2. The standard InChI is InChI=1S/C18H35N3/c1-14(2)21-12-9-15(10-13-21)20-18-8-5-6-16(18)17-7-3-4-11-19-17/h14-20H,3-13H2,1-2H3. The molecule has 3 heteroatoms. The van der Waals surface area contributed by atoms with Crippen LogP contribution in [-0.2, 0) is 0 Å². The van der Waals surface area contributed by atoms with E-state index in [1.807, 2.05) is 0 Å². The SMILES string of the molecule is CC(C)N1CCC(NC2CCCC2C2CCCCN2)CC1. The van der Waals surface area contributed by atoms with E-state index in [1.165, 1.54) is 71.0 Å². The minimum absolute atomic E-state index is 0.719. The van der Waals surface area contributed by atoms with Crippen LogP contribution in [0.1, 0.15) is 65.2 Å². The van der Waals surface area contributed by atoms with Gasteiger partial charge in [-0.05, 0) is 77.9 Å². The summed E-state index contributed by atoms with van der Waals surface area (Å²) >= 11 is 0. The second-order valence-corrected chi connectivity index (χ2v) is 7.83. The van der Waals surface area contributed by atoms with Crippen LogP contribution in [0.5, 0.6) is 0 Å². The van der Waals surface area contributed by atoms with Crippen LogP contribution in [0.15, 0.2) is 0 Å². The third-order valence-electron chi connectivity index (χ3n) is 6.14. The summed E-state index contributed by atoms with van der Waals surface area (Å²) in [6, 6.07) is 3.08. The predicted octanol–water partition coefficient (Wildman–Crippen LogP) is 2.76. The van der Waals surface area contributed by atoms with E-state index in [-0.39, 0.29) is 0 Å². The van der Waals surface area contributed by atoms with Gasteiger partial charge in [0.25, 0.3) is 0 Å². The molecule has 2 heterocycles. The first kappa shape index (κ1) is 15.8.